The Kier molecular flexibility index (Phi) is 3.20. The van der Waals surface area contributed by atoms with Gasteiger partial charge in [-0.3, -0.25) is 0 Å². The molecule has 3 fully saturated rings. The average Bonchev–Trinajstić information content (AvgIpc) is 2.88. The lowest BCUT2D eigenvalue weighted by atomic mass is 9.69. The Morgan fingerprint density at radius 3 is 2.24 bits per heavy atom. The molecule has 2 N–H and O–H groups in total. The van der Waals surface area contributed by atoms with Crippen molar-refractivity contribution in [2.24, 2.45) is 29.4 Å². The third-order valence-electron chi connectivity index (χ3n) is 5.41. The highest BCUT2D eigenvalue weighted by atomic mass is 16.5. The van der Waals surface area contributed by atoms with Crippen LogP contribution in [0.1, 0.15) is 52.4 Å². The molecule has 2 heteroatoms. The van der Waals surface area contributed by atoms with Gasteiger partial charge >= 0.3 is 0 Å². The van der Waals surface area contributed by atoms with Crippen LogP contribution in [0.4, 0.5) is 0 Å². The van der Waals surface area contributed by atoms with E-state index in [1.807, 2.05) is 0 Å². The highest BCUT2D eigenvalue weighted by molar-refractivity contribution is 4.97. The van der Waals surface area contributed by atoms with E-state index in [1.165, 1.54) is 38.5 Å². The summed E-state index contributed by atoms with van der Waals surface area (Å²) in [5, 5.41) is 0. The van der Waals surface area contributed by atoms with Crippen molar-refractivity contribution >= 4 is 0 Å². The molecule has 6 unspecified atom stereocenters. The maximum absolute atomic E-state index is 6.58. The zero-order chi connectivity index (χ0) is 12.0. The van der Waals surface area contributed by atoms with E-state index in [-0.39, 0.29) is 0 Å². The molecule has 0 aromatic carbocycles. The molecule has 2 nitrogen and oxygen atoms in total. The first-order chi connectivity index (χ1) is 8.13. The van der Waals surface area contributed by atoms with Crippen LogP contribution in [-0.4, -0.2) is 18.2 Å². The molecule has 0 amide bonds. The van der Waals surface area contributed by atoms with E-state index in [1.54, 1.807) is 0 Å². The Morgan fingerprint density at radius 2 is 1.71 bits per heavy atom. The molecule has 1 aliphatic carbocycles. The van der Waals surface area contributed by atoms with Crippen molar-refractivity contribution in [1.29, 1.82) is 0 Å². The van der Waals surface area contributed by atoms with Gasteiger partial charge in [0, 0.05) is 12.0 Å². The Bertz CT molecular complexity index is 270. The van der Waals surface area contributed by atoms with Crippen molar-refractivity contribution in [2.45, 2.75) is 70.6 Å². The quantitative estimate of drug-likeness (QED) is 0.801. The van der Waals surface area contributed by atoms with E-state index in [0.717, 1.165) is 17.8 Å². The summed E-state index contributed by atoms with van der Waals surface area (Å²) in [4.78, 5) is 0. The van der Waals surface area contributed by atoms with Gasteiger partial charge < -0.3 is 10.5 Å². The third kappa shape index (κ3) is 2.26. The van der Waals surface area contributed by atoms with Crippen LogP contribution >= 0.6 is 0 Å². The first kappa shape index (κ1) is 12.0. The van der Waals surface area contributed by atoms with E-state index in [4.69, 9.17) is 10.5 Å². The molecule has 2 aliphatic heterocycles. The number of hydrogen-bond donors (Lipinski definition) is 1. The van der Waals surface area contributed by atoms with Gasteiger partial charge in [-0.25, -0.2) is 0 Å². The summed E-state index contributed by atoms with van der Waals surface area (Å²) in [6.45, 7) is 4.79. The number of ether oxygens (including phenoxy) is 1. The van der Waals surface area contributed by atoms with E-state index >= 15 is 0 Å². The van der Waals surface area contributed by atoms with Gasteiger partial charge in [0.1, 0.15) is 0 Å². The lowest BCUT2D eigenvalue weighted by Crippen LogP contribution is -2.44. The highest BCUT2D eigenvalue weighted by Crippen LogP contribution is 2.44. The monoisotopic (exact) mass is 237 g/mol. The van der Waals surface area contributed by atoms with Crippen LogP contribution in [0.2, 0.25) is 0 Å². The highest BCUT2D eigenvalue weighted by Gasteiger charge is 2.45. The summed E-state index contributed by atoms with van der Waals surface area (Å²) in [6, 6.07) is 0.399. The Hall–Kier alpha value is -0.0800. The van der Waals surface area contributed by atoms with E-state index in [2.05, 4.69) is 13.8 Å². The number of hydrogen-bond acceptors (Lipinski definition) is 2. The summed E-state index contributed by atoms with van der Waals surface area (Å²) in [6.07, 6.45) is 8.93. The lowest BCUT2D eigenvalue weighted by molar-refractivity contribution is 0.0759. The molecule has 3 aliphatic rings. The van der Waals surface area contributed by atoms with Gasteiger partial charge in [-0.2, -0.15) is 0 Å². The van der Waals surface area contributed by atoms with Crippen LogP contribution in [-0.2, 0) is 4.74 Å². The van der Waals surface area contributed by atoms with Gasteiger partial charge in [0.05, 0.1) is 12.2 Å². The first-order valence-electron chi connectivity index (χ1n) is 7.54. The minimum Gasteiger partial charge on any atom is -0.375 e. The molecule has 17 heavy (non-hydrogen) atoms. The van der Waals surface area contributed by atoms with E-state index in [0.29, 0.717) is 24.2 Å². The predicted molar refractivity (Wildman–Crippen MR) is 69.6 cm³/mol. The summed E-state index contributed by atoms with van der Waals surface area (Å²) in [7, 11) is 0. The first-order valence-corrected chi connectivity index (χ1v) is 7.54. The molecule has 3 rings (SSSR count). The molecule has 0 radical (unpaired) electrons. The summed E-state index contributed by atoms with van der Waals surface area (Å²) < 4.78 is 5.97. The Labute approximate surface area is 105 Å². The van der Waals surface area contributed by atoms with Crippen LogP contribution in [0.15, 0.2) is 0 Å². The van der Waals surface area contributed by atoms with Crippen LogP contribution < -0.4 is 5.73 Å². The van der Waals surface area contributed by atoms with Crippen LogP contribution in [0.3, 0.4) is 0 Å². The molecule has 2 saturated heterocycles. The normalized spacial score (nSPS) is 51.7. The van der Waals surface area contributed by atoms with E-state index < -0.39 is 0 Å². The van der Waals surface area contributed by atoms with Gasteiger partial charge in [0.15, 0.2) is 0 Å². The van der Waals surface area contributed by atoms with Crippen molar-refractivity contribution in [2.75, 3.05) is 0 Å². The third-order valence-corrected chi connectivity index (χ3v) is 5.41. The second-order valence-electron chi connectivity index (χ2n) is 7.03. The van der Waals surface area contributed by atoms with Crippen LogP contribution in [0.25, 0.3) is 0 Å². The molecule has 0 spiro atoms. The molecule has 0 aromatic heterocycles. The maximum atomic E-state index is 6.58. The minimum absolute atomic E-state index is 0.399. The topological polar surface area (TPSA) is 35.2 Å². The van der Waals surface area contributed by atoms with Gasteiger partial charge in [-0.05, 0) is 56.3 Å². The predicted octanol–water partition coefficient (Wildman–Crippen LogP) is 2.95. The zero-order valence-corrected chi connectivity index (χ0v) is 11.3. The standard InChI is InChI=1S/C15H27NO/c1-9-5-10(2)7-11(6-9)15(16)13-8-12-3-4-14(13)17-12/h9-15H,3-8,16H2,1-2H3. The molecular weight excluding hydrogens is 210 g/mol. The van der Waals surface area contributed by atoms with Crippen molar-refractivity contribution < 1.29 is 4.74 Å². The second kappa shape index (κ2) is 4.55. The van der Waals surface area contributed by atoms with Gasteiger partial charge in [-0.15, -0.1) is 0 Å². The smallest absolute Gasteiger partial charge is 0.0623 e. The average molecular weight is 237 g/mol. The molecular formula is C15H27NO. The fraction of sp³-hybridized carbons (Fsp3) is 1.00. The number of nitrogens with two attached hydrogens (primary N) is 1. The van der Waals surface area contributed by atoms with Gasteiger partial charge in [0.25, 0.3) is 0 Å². The summed E-state index contributed by atoms with van der Waals surface area (Å²) in [5.74, 6) is 3.15. The van der Waals surface area contributed by atoms with Crippen molar-refractivity contribution in [3.63, 3.8) is 0 Å². The summed E-state index contributed by atoms with van der Waals surface area (Å²) >= 11 is 0. The molecule has 2 bridgehead atoms. The largest absolute Gasteiger partial charge is 0.375 e. The summed E-state index contributed by atoms with van der Waals surface area (Å²) in [5.41, 5.74) is 6.58. The van der Waals surface area contributed by atoms with Crippen molar-refractivity contribution in [1.82, 2.24) is 0 Å². The molecule has 0 aromatic rings. The SMILES string of the molecule is CC1CC(C)CC(C(N)C2CC3CCC2O3)C1. The molecule has 6 atom stereocenters. The second-order valence-corrected chi connectivity index (χ2v) is 7.03. The minimum atomic E-state index is 0.399. The lowest BCUT2D eigenvalue weighted by Gasteiger charge is -2.38. The Morgan fingerprint density at radius 1 is 1.00 bits per heavy atom. The van der Waals surface area contributed by atoms with Crippen LogP contribution in [0, 0.1) is 23.7 Å². The maximum Gasteiger partial charge on any atom is 0.0623 e. The molecule has 1 saturated carbocycles. The number of rotatable bonds is 2. The van der Waals surface area contributed by atoms with Crippen molar-refractivity contribution in [3.8, 4) is 0 Å². The number of fused-ring (bicyclic) bond motifs is 2. The van der Waals surface area contributed by atoms with Crippen LogP contribution in [0.5, 0.6) is 0 Å². The van der Waals surface area contributed by atoms with Crippen molar-refractivity contribution in [3.05, 3.63) is 0 Å². The zero-order valence-electron chi connectivity index (χ0n) is 11.3. The Balaban J connectivity index is 1.63. The van der Waals surface area contributed by atoms with E-state index in [9.17, 15) is 0 Å². The molecule has 98 valence electrons. The molecule has 2 heterocycles. The van der Waals surface area contributed by atoms with Gasteiger partial charge in [-0.1, -0.05) is 13.8 Å². The van der Waals surface area contributed by atoms with Gasteiger partial charge in [0.2, 0.25) is 0 Å². The fourth-order valence-corrected chi connectivity index (χ4v) is 4.76. The fourth-order valence-electron chi connectivity index (χ4n) is 4.76.